The van der Waals surface area contributed by atoms with E-state index in [4.69, 9.17) is 11.6 Å². The van der Waals surface area contributed by atoms with E-state index >= 15 is 0 Å². The number of halogens is 1. The number of hydrogen-bond acceptors (Lipinski definition) is 4. The van der Waals surface area contributed by atoms with Gasteiger partial charge >= 0.3 is 0 Å². The highest BCUT2D eigenvalue weighted by molar-refractivity contribution is 7.89. The lowest BCUT2D eigenvalue weighted by atomic mass is 10.0. The van der Waals surface area contributed by atoms with Gasteiger partial charge in [0.2, 0.25) is 10.0 Å². The lowest BCUT2D eigenvalue weighted by molar-refractivity contribution is 0.0940. The minimum absolute atomic E-state index is 0.0837. The zero-order chi connectivity index (χ0) is 22.1. The Kier molecular flexibility index (Phi) is 6.87. The summed E-state index contributed by atoms with van der Waals surface area (Å²) in [5.74, 6) is -0.402. The molecule has 0 bridgehead atoms. The Morgan fingerprint density at radius 1 is 1.03 bits per heavy atom. The van der Waals surface area contributed by atoms with Crippen molar-refractivity contribution in [3.8, 4) is 0 Å². The van der Waals surface area contributed by atoms with Crippen molar-refractivity contribution in [1.29, 1.82) is 0 Å². The molecule has 0 aliphatic carbocycles. The Hall–Kier alpha value is -1.93. The third kappa shape index (κ3) is 4.86. The van der Waals surface area contributed by atoms with Crippen molar-refractivity contribution in [2.45, 2.75) is 31.7 Å². The van der Waals surface area contributed by atoms with Crippen molar-refractivity contribution in [3.63, 3.8) is 0 Å². The molecule has 1 N–H and O–H groups in total. The summed E-state index contributed by atoms with van der Waals surface area (Å²) in [5.41, 5.74) is 3.46. The topological polar surface area (TPSA) is 69.7 Å². The standard InChI is InChI=1S/C22H28ClN3O3S/c1-15-5-6-18(13-16(15)2)17(3)24-22(27)20-14-19(7-8-21(20)23)30(28,29)26-11-9-25(4)10-12-26/h5-8,13-14,17H,9-12H2,1-4H3,(H,24,27)/t17-/m1/s1. The van der Waals surface area contributed by atoms with Crippen LogP contribution in [0.3, 0.4) is 0 Å². The van der Waals surface area contributed by atoms with E-state index in [1.165, 1.54) is 28.1 Å². The Bertz CT molecular complexity index is 1050. The number of amides is 1. The lowest BCUT2D eigenvalue weighted by Crippen LogP contribution is -2.47. The highest BCUT2D eigenvalue weighted by Gasteiger charge is 2.28. The van der Waals surface area contributed by atoms with Crippen LogP contribution in [0.25, 0.3) is 0 Å². The van der Waals surface area contributed by atoms with E-state index < -0.39 is 15.9 Å². The third-order valence-electron chi connectivity index (χ3n) is 5.66. The maximum atomic E-state index is 13.0. The average Bonchev–Trinajstić information content (AvgIpc) is 2.70. The van der Waals surface area contributed by atoms with Crippen LogP contribution in [-0.4, -0.2) is 56.8 Å². The van der Waals surface area contributed by atoms with Crippen LogP contribution >= 0.6 is 11.6 Å². The minimum Gasteiger partial charge on any atom is -0.345 e. The van der Waals surface area contributed by atoms with E-state index in [-0.39, 0.29) is 21.5 Å². The van der Waals surface area contributed by atoms with Crippen molar-refractivity contribution < 1.29 is 13.2 Å². The summed E-state index contributed by atoms with van der Waals surface area (Å²) in [6.07, 6.45) is 0. The molecule has 2 aromatic carbocycles. The molecule has 1 saturated heterocycles. The number of sulfonamides is 1. The van der Waals surface area contributed by atoms with Crippen LogP contribution in [-0.2, 0) is 10.0 Å². The van der Waals surface area contributed by atoms with Crippen LogP contribution in [0.15, 0.2) is 41.3 Å². The predicted molar refractivity (Wildman–Crippen MR) is 120 cm³/mol. The Labute approximate surface area is 183 Å². The van der Waals surface area contributed by atoms with Crippen molar-refractivity contribution in [2.24, 2.45) is 0 Å². The number of benzene rings is 2. The van der Waals surface area contributed by atoms with Gasteiger partial charge in [0, 0.05) is 26.2 Å². The number of likely N-dealkylation sites (N-methyl/N-ethyl adjacent to an activating group) is 1. The van der Waals surface area contributed by atoms with E-state index in [1.807, 2.05) is 46.0 Å². The number of nitrogens with zero attached hydrogens (tertiary/aromatic N) is 2. The van der Waals surface area contributed by atoms with Crippen LogP contribution in [0.4, 0.5) is 0 Å². The highest BCUT2D eigenvalue weighted by atomic mass is 35.5. The Morgan fingerprint density at radius 2 is 1.70 bits per heavy atom. The van der Waals surface area contributed by atoms with Gasteiger partial charge in [-0.1, -0.05) is 29.8 Å². The first-order chi connectivity index (χ1) is 14.1. The zero-order valence-electron chi connectivity index (χ0n) is 17.8. The fourth-order valence-corrected chi connectivity index (χ4v) is 5.06. The van der Waals surface area contributed by atoms with Gasteiger partial charge in [-0.05, 0) is 62.7 Å². The molecule has 0 saturated carbocycles. The minimum atomic E-state index is -3.68. The maximum absolute atomic E-state index is 13.0. The number of piperazine rings is 1. The summed E-state index contributed by atoms with van der Waals surface area (Å²) < 4.78 is 27.5. The van der Waals surface area contributed by atoms with Crippen LogP contribution in [0.1, 0.15) is 40.0 Å². The molecule has 30 heavy (non-hydrogen) atoms. The number of aryl methyl sites for hydroxylation is 2. The normalized spacial score (nSPS) is 17.0. The second-order valence-corrected chi connectivity index (χ2v) is 10.2. The molecular weight excluding hydrogens is 422 g/mol. The van der Waals surface area contributed by atoms with Gasteiger partial charge in [-0.25, -0.2) is 8.42 Å². The molecule has 1 atom stereocenters. The van der Waals surface area contributed by atoms with Crippen molar-refractivity contribution >= 4 is 27.5 Å². The fraction of sp³-hybridized carbons (Fsp3) is 0.409. The molecule has 0 aromatic heterocycles. The third-order valence-corrected chi connectivity index (χ3v) is 7.89. The summed E-state index contributed by atoms with van der Waals surface area (Å²) in [5, 5.41) is 3.15. The van der Waals surface area contributed by atoms with Gasteiger partial charge in [-0.2, -0.15) is 4.31 Å². The number of rotatable bonds is 5. The molecule has 1 aliphatic rings. The largest absolute Gasteiger partial charge is 0.345 e. The number of nitrogens with one attached hydrogen (secondary N) is 1. The van der Waals surface area contributed by atoms with Crippen LogP contribution in [0.2, 0.25) is 5.02 Å². The molecule has 1 amide bonds. The summed E-state index contributed by atoms with van der Waals surface area (Å²) in [4.78, 5) is 15.1. The quantitative estimate of drug-likeness (QED) is 0.759. The fourth-order valence-electron chi connectivity index (χ4n) is 3.41. The zero-order valence-corrected chi connectivity index (χ0v) is 19.3. The second kappa shape index (κ2) is 9.06. The number of hydrogen-bond donors (Lipinski definition) is 1. The predicted octanol–water partition coefficient (Wildman–Crippen LogP) is 3.38. The molecular formula is C22H28ClN3O3S. The van der Waals surface area contributed by atoms with E-state index in [9.17, 15) is 13.2 Å². The number of carbonyl (C=O) groups excluding carboxylic acids is 1. The first kappa shape index (κ1) is 22.7. The van der Waals surface area contributed by atoms with E-state index in [0.29, 0.717) is 26.2 Å². The average molecular weight is 450 g/mol. The van der Waals surface area contributed by atoms with Crippen molar-refractivity contribution in [1.82, 2.24) is 14.5 Å². The van der Waals surface area contributed by atoms with Crippen LogP contribution in [0, 0.1) is 13.8 Å². The molecule has 8 heteroatoms. The van der Waals surface area contributed by atoms with Gasteiger partial charge in [-0.15, -0.1) is 0 Å². The molecule has 0 radical (unpaired) electrons. The van der Waals surface area contributed by atoms with Gasteiger partial charge in [0.1, 0.15) is 0 Å². The molecule has 2 aromatic rings. The molecule has 1 aliphatic heterocycles. The van der Waals surface area contributed by atoms with Crippen LogP contribution < -0.4 is 5.32 Å². The van der Waals surface area contributed by atoms with E-state index in [2.05, 4.69) is 10.2 Å². The second-order valence-electron chi connectivity index (χ2n) is 7.89. The SMILES string of the molecule is Cc1ccc([C@@H](C)NC(=O)c2cc(S(=O)(=O)N3CCN(C)CC3)ccc2Cl)cc1C. The smallest absolute Gasteiger partial charge is 0.253 e. The van der Waals surface area contributed by atoms with Gasteiger partial charge in [-0.3, -0.25) is 4.79 Å². The first-order valence-electron chi connectivity index (χ1n) is 9.96. The van der Waals surface area contributed by atoms with E-state index in [1.54, 1.807) is 0 Å². The Balaban J connectivity index is 1.82. The first-order valence-corrected chi connectivity index (χ1v) is 11.8. The molecule has 162 valence electrons. The van der Waals surface area contributed by atoms with E-state index in [0.717, 1.165) is 11.1 Å². The number of carbonyl (C=O) groups is 1. The molecule has 1 heterocycles. The summed E-state index contributed by atoms with van der Waals surface area (Å²) in [6, 6.07) is 10.1. The monoisotopic (exact) mass is 449 g/mol. The molecule has 1 fully saturated rings. The molecule has 3 rings (SSSR count). The molecule has 0 spiro atoms. The highest BCUT2D eigenvalue weighted by Crippen LogP contribution is 2.25. The molecule has 6 nitrogen and oxygen atoms in total. The van der Waals surface area contributed by atoms with Gasteiger partial charge in [0.05, 0.1) is 21.5 Å². The van der Waals surface area contributed by atoms with Gasteiger partial charge < -0.3 is 10.2 Å². The summed E-state index contributed by atoms with van der Waals surface area (Å²) in [6.45, 7) is 8.15. The van der Waals surface area contributed by atoms with Gasteiger partial charge in [0.15, 0.2) is 0 Å². The van der Waals surface area contributed by atoms with Crippen molar-refractivity contribution in [3.05, 3.63) is 63.7 Å². The summed E-state index contributed by atoms with van der Waals surface area (Å²) >= 11 is 6.25. The Morgan fingerprint density at radius 3 is 2.33 bits per heavy atom. The maximum Gasteiger partial charge on any atom is 0.253 e. The lowest BCUT2D eigenvalue weighted by Gasteiger charge is -2.31. The van der Waals surface area contributed by atoms with Gasteiger partial charge in [0.25, 0.3) is 5.91 Å². The molecule has 0 unspecified atom stereocenters. The summed E-state index contributed by atoms with van der Waals surface area (Å²) in [7, 11) is -1.72. The van der Waals surface area contributed by atoms with Crippen LogP contribution in [0.5, 0.6) is 0 Å². The van der Waals surface area contributed by atoms with Crippen molar-refractivity contribution in [2.75, 3.05) is 33.2 Å².